The molecular weight excluding hydrogens is 1880 g/mol. The number of hydrazone groups is 4. The zero-order valence-electron chi connectivity index (χ0n) is 75.1. The summed E-state index contributed by atoms with van der Waals surface area (Å²) < 4.78 is 77.8. The van der Waals surface area contributed by atoms with Crippen LogP contribution in [0.15, 0.2) is 253 Å². The van der Waals surface area contributed by atoms with Gasteiger partial charge in [-0.15, -0.1) is 0 Å². The summed E-state index contributed by atoms with van der Waals surface area (Å²) in [5, 5.41) is 51.7. The number of nitrogens with zero attached hydrogens (tertiary/aromatic N) is 24. The number of halogens is 7. The van der Waals surface area contributed by atoms with Gasteiger partial charge in [0.05, 0.1) is 218 Å². The summed E-state index contributed by atoms with van der Waals surface area (Å²) in [6.45, 7) is 10.9. The second-order valence-electron chi connectivity index (χ2n) is 31.0. The lowest BCUT2D eigenvalue weighted by Crippen LogP contribution is -2.37. The molecule has 4 fully saturated rings. The van der Waals surface area contributed by atoms with Gasteiger partial charge in [-0.3, -0.25) is 40.2 Å². The number of rotatable bonds is 28. The average Bonchev–Trinajstić information content (AvgIpc) is 1.41. The number of aryl methyl sites for hydroxylation is 1. The molecular formula is C95H88Cl3F4N35O4. The Morgan fingerprint density at radius 2 is 0.652 bits per heavy atom. The van der Waals surface area contributed by atoms with Gasteiger partial charge in [0, 0.05) is 123 Å². The van der Waals surface area contributed by atoms with Crippen LogP contribution in [0.3, 0.4) is 0 Å². The molecule has 4 aliphatic heterocycles. The van der Waals surface area contributed by atoms with E-state index in [2.05, 4.69) is 165 Å². The van der Waals surface area contributed by atoms with Crippen LogP contribution in [-0.2, 0) is 18.9 Å². The maximum absolute atomic E-state index is 14.2. The summed E-state index contributed by atoms with van der Waals surface area (Å²) in [6, 6.07) is 42.0. The highest BCUT2D eigenvalue weighted by Crippen LogP contribution is 2.36. The predicted molar refractivity (Wildman–Crippen MR) is 537 cm³/mol. The van der Waals surface area contributed by atoms with Gasteiger partial charge in [-0.25, -0.2) is 59.2 Å². The molecule has 39 nitrogen and oxygen atoms in total. The van der Waals surface area contributed by atoms with Crippen molar-refractivity contribution in [3.63, 3.8) is 0 Å². The normalized spacial score (nSPS) is 13.8. The van der Waals surface area contributed by atoms with Crippen LogP contribution in [-0.4, -0.2) is 225 Å². The summed E-state index contributed by atoms with van der Waals surface area (Å²) in [5.74, 6) is -0.220. The van der Waals surface area contributed by atoms with Crippen LogP contribution < -0.4 is 62.6 Å². The van der Waals surface area contributed by atoms with Crippen LogP contribution in [0.4, 0.5) is 110 Å². The Morgan fingerprint density at radius 3 is 0.972 bits per heavy atom. The molecule has 0 unspecified atom stereocenters. The van der Waals surface area contributed by atoms with Gasteiger partial charge in [0.2, 0.25) is 23.8 Å². The van der Waals surface area contributed by atoms with E-state index in [1.165, 1.54) is 18.6 Å². The third kappa shape index (κ3) is 26.8. The number of H-pyrrole nitrogens is 3. The van der Waals surface area contributed by atoms with Gasteiger partial charge in [-0.2, -0.15) is 55.6 Å². The molecule has 0 amide bonds. The largest absolute Gasteiger partial charge is 0.378 e. The molecule has 0 radical (unpaired) electrons. The van der Waals surface area contributed by atoms with E-state index in [0.717, 1.165) is 120 Å². The van der Waals surface area contributed by atoms with Gasteiger partial charge in [0.25, 0.3) is 0 Å². The molecule has 16 aromatic rings. The van der Waals surface area contributed by atoms with Crippen molar-refractivity contribution in [2.24, 2.45) is 20.4 Å². The Hall–Kier alpha value is -16.7. The van der Waals surface area contributed by atoms with Crippen LogP contribution in [0.1, 0.15) is 28.3 Å². The van der Waals surface area contributed by atoms with E-state index in [1.54, 1.807) is 86.4 Å². The molecule has 0 spiro atoms. The third-order valence-corrected chi connectivity index (χ3v) is 22.4. The van der Waals surface area contributed by atoms with Crippen LogP contribution in [0, 0.1) is 30.2 Å². The highest BCUT2D eigenvalue weighted by atomic mass is 35.5. The summed E-state index contributed by atoms with van der Waals surface area (Å²) in [5.41, 5.74) is 28.9. The summed E-state index contributed by atoms with van der Waals surface area (Å²) in [7, 11) is 0. The van der Waals surface area contributed by atoms with Crippen molar-refractivity contribution in [1.82, 2.24) is 95.4 Å². The Kier molecular flexibility index (Phi) is 32.6. The van der Waals surface area contributed by atoms with Crippen molar-refractivity contribution < 1.29 is 36.5 Å². The lowest BCUT2D eigenvalue weighted by Gasteiger charge is -2.27. The number of aromatic amines is 3. The second kappa shape index (κ2) is 47.9. The molecule has 0 bridgehead atoms. The highest BCUT2D eigenvalue weighted by molar-refractivity contribution is 6.34. The standard InChI is InChI=1S/C25H22ClFN8O.C24H24FN9O.2C23H21ClFN9O/c26-21-12-17(18-2-1-7-28-13-18)3-6-23(21)32-20-5-4-19(29-14-20)15-31-34-25-30-16-22(27)24(33-25)35-8-10-36-11-9-35;1-16-10-17(18-11-28-29-12-18)2-5-22(16)31-20-4-3-19(26-13-20)14-30-33-24-27-15-21(25)23(32-24)34-6-8-35-9-7-34;24-19-9-15(16-10-28-29-11-16)1-4-21(19)31-18-3-2-17(26-12-18)13-30-33-23-27-14-20(25)22(32-23)34-5-7-35-8-6-34;24-20-9-16(3-4-19(20)15-10-28-29-11-15)31-18-2-1-17(26-12-18)13-30-33-23-27-14-21(25)22(32-23)34-5-7-35-8-6-34/h1-7,12-16,32H,8-11H2,(H,30,33,34);2-5,10-15,31H,6-9H2,1H3,(H,28,29)(H,27,32,33);2*1-4,9-14,31H,5-8H2,(H,28,29)(H,27,32,33)/b31-15+;30-14+;2*30-13+. The van der Waals surface area contributed by atoms with Crippen molar-refractivity contribution in [2.45, 2.75) is 6.92 Å². The first-order valence-corrected chi connectivity index (χ1v) is 45.1. The van der Waals surface area contributed by atoms with Crippen molar-refractivity contribution >= 4 is 152 Å². The Morgan fingerprint density at radius 1 is 0.319 bits per heavy atom. The number of hydrogen-bond acceptors (Lipinski definition) is 36. The van der Waals surface area contributed by atoms with Gasteiger partial charge in [0.15, 0.2) is 46.5 Å². The monoisotopic (exact) mass is 1960 g/mol. The molecule has 12 aromatic heterocycles. The molecule has 4 aromatic carbocycles. The first kappa shape index (κ1) is 96.0. The maximum atomic E-state index is 14.2. The molecule has 0 aliphatic carbocycles. The average molecular weight is 1970 g/mol. The van der Waals surface area contributed by atoms with E-state index in [1.807, 2.05) is 148 Å². The predicted octanol–water partition coefficient (Wildman–Crippen LogP) is 16.6. The number of ether oxygens (including phenoxy) is 4. The number of hydrogen-bond donors (Lipinski definition) is 11. The minimum atomic E-state index is -0.484. The summed E-state index contributed by atoms with van der Waals surface area (Å²) >= 11 is 19.3. The Bertz CT molecular complexity index is 6720. The summed E-state index contributed by atoms with van der Waals surface area (Å²) in [4.78, 5) is 61.7. The van der Waals surface area contributed by atoms with Crippen LogP contribution in [0.25, 0.3) is 44.5 Å². The number of aromatic nitrogens is 19. The molecule has 0 atom stereocenters. The van der Waals surface area contributed by atoms with Crippen LogP contribution in [0.5, 0.6) is 0 Å². The molecule has 20 rings (SSSR count). The fourth-order valence-corrected chi connectivity index (χ4v) is 15.0. The van der Waals surface area contributed by atoms with Gasteiger partial charge in [-0.1, -0.05) is 65.1 Å². The van der Waals surface area contributed by atoms with Crippen LogP contribution >= 0.6 is 34.8 Å². The molecule has 0 saturated carbocycles. The molecule has 4 saturated heterocycles. The molecule has 141 heavy (non-hydrogen) atoms. The van der Waals surface area contributed by atoms with Crippen LogP contribution in [0.2, 0.25) is 15.1 Å². The highest BCUT2D eigenvalue weighted by Gasteiger charge is 2.24. The lowest BCUT2D eigenvalue weighted by molar-refractivity contribution is 0.122. The topological polar surface area (TPSA) is 449 Å². The van der Waals surface area contributed by atoms with E-state index < -0.39 is 23.3 Å². The van der Waals surface area contributed by atoms with Crippen molar-refractivity contribution in [3.8, 4) is 44.5 Å². The zero-order chi connectivity index (χ0) is 96.9. The Labute approximate surface area is 818 Å². The fourth-order valence-electron chi connectivity index (χ4n) is 14.3. The maximum Gasteiger partial charge on any atom is 0.245 e. The second-order valence-corrected chi connectivity index (χ2v) is 32.3. The smallest absolute Gasteiger partial charge is 0.245 e. The van der Waals surface area contributed by atoms with E-state index >= 15 is 0 Å². The molecule has 46 heteroatoms. The van der Waals surface area contributed by atoms with E-state index in [4.69, 9.17) is 53.8 Å². The van der Waals surface area contributed by atoms with E-state index in [9.17, 15) is 17.6 Å². The number of benzene rings is 4. The minimum absolute atomic E-state index is 0.191. The number of nitrogens with one attached hydrogen (secondary N) is 11. The van der Waals surface area contributed by atoms with Gasteiger partial charge in [-0.05, 0) is 132 Å². The minimum Gasteiger partial charge on any atom is -0.378 e. The molecule has 16 heterocycles. The third-order valence-electron chi connectivity index (χ3n) is 21.5. The SMILES string of the molecule is Cc1cc(-c2cn[nH]c2)ccc1Nc1ccc(/C=N/Nc2ncc(F)c(N3CCOCC3)n2)nc1.Fc1cnc(N/N=C/c2ccc(Nc3ccc(-c4cccnc4)cc3Cl)cn2)nc1N1CCOCC1.Fc1cnc(N/N=C/c2ccc(Nc3ccc(-c4cn[nH]c4)c(Cl)c3)cn2)nc1N1CCOCC1.Fc1cnc(N/N=C/c2ccc(Nc3ccc(-c4cn[nH]c4)cc3Cl)cn2)nc1N1CCOCC1. The molecule has 4 aliphatic rings. The van der Waals surface area contributed by atoms with Gasteiger partial charge in [0.1, 0.15) is 0 Å². The number of anilines is 16. The first-order chi connectivity index (χ1) is 69.1. The van der Waals surface area contributed by atoms with E-state index in [-0.39, 0.29) is 47.1 Å². The van der Waals surface area contributed by atoms with Crippen molar-refractivity contribution in [1.29, 1.82) is 0 Å². The number of morpholine rings is 4. The first-order valence-electron chi connectivity index (χ1n) is 44.0. The van der Waals surface area contributed by atoms with E-state index in [0.29, 0.717) is 143 Å². The van der Waals surface area contributed by atoms with Gasteiger partial charge >= 0.3 is 0 Å². The molecule has 11 N–H and O–H groups in total. The quantitative estimate of drug-likeness (QED) is 0.0123. The van der Waals surface area contributed by atoms with Crippen molar-refractivity contribution in [2.75, 3.05) is 168 Å². The molecule has 716 valence electrons. The Balaban J connectivity index is 0.000000130. The lowest BCUT2D eigenvalue weighted by atomic mass is 10.1. The summed E-state index contributed by atoms with van der Waals surface area (Å²) in [6.07, 6.45) is 31.7. The fraction of sp³-hybridized carbons (Fsp3) is 0.179. The van der Waals surface area contributed by atoms with Crippen molar-refractivity contribution in [3.05, 3.63) is 299 Å². The number of pyridine rings is 5. The zero-order valence-corrected chi connectivity index (χ0v) is 77.3. The van der Waals surface area contributed by atoms with Gasteiger partial charge < -0.3 is 59.8 Å².